The fourth-order valence-corrected chi connectivity index (χ4v) is 3.93. The second-order valence-corrected chi connectivity index (χ2v) is 7.22. The number of carbonyl (C=O) groups is 2. The first-order valence-corrected chi connectivity index (χ1v) is 9.67. The van der Waals surface area contributed by atoms with Crippen LogP contribution in [0.5, 0.6) is 17.2 Å². The molecule has 2 atom stereocenters. The highest BCUT2D eigenvalue weighted by molar-refractivity contribution is 5.95. The van der Waals surface area contributed by atoms with E-state index < -0.39 is 0 Å². The molecule has 7 nitrogen and oxygen atoms in total. The van der Waals surface area contributed by atoms with E-state index >= 15 is 0 Å². The lowest BCUT2D eigenvalue weighted by Crippen LogP contribution is -2.44. The molecule has 1 N–H and O–H groups in total. The van der Waals surface area contributed by atoms with Gasteiger partial charge in [-0.1, -0.05) is 12.1 Å². The van der Waals surface area contributed by atoms with Gasteiger partial charge in [-0.25, -0.2) is 0 Å². The Morgan fingerprint density at radius 1 is 1.10 bits per heavy atom. The minimum Gasteiger partial charge on any atom is -0.497 e. The molecule has 2 aliphatic rings. The van der Waals surface area contributed by atoms with Gasteiger partial charge < -0.3 is 24.4 Å². The van der Waals surface area contributed by atoms with Crippen LogP contribution in [0.1, 0.15) is 24.4 Å². The Labute approximate surface area is 169 Å². The average Bonchev–Trinajstić information content (AvgIpc) is 2.75. The van der Waals surface area contributed by atoms with E-state index in [4.69, 9.17) is 14.2 Å². The van der Waals surface area contributed by atoms with Crippen molar-refractivity contribution >= 4 is 17.5 Å². The van der Waals surface area contributed by atoms with Crippen LogP contribution in [0.3, 0.4) is 0 Å². The van der Waals surface area contributed by atoms with Gasteiger partial charge >= 0.3 is 0 Å². The van der Waals surface area contributed by atoms with Gasteiger partial charge in [-0.15, -0.1) is 0 Å². The topological polar surface area (TPSA) is 77.1 Å². The van der Waals surface area contributed by atoms with Crippen molar-refractivity contribution < 1.29 is 23.8 Å². The van der Waals surface area contributed by atoms with Gasteiger partial charge in [0.1, 0.15) is 19.0 Å². The normalized spacial score (nSPS) is 20.9. The first-order valence-electron chi connectivity index (χ1n) is 9.67. The molecule has 29 heavy (non-hydrogen) atoms. The average molecular weight is 396 g/mol. The second-order valence-electron chi connectivity index (χ2n) is 7.22. The fraction of sp³-hybridized carbons (Fsp3) is 0.364. The predicted octanol–water partition coefficient (Wildman–Crippen LogP) is 3.01. The number of nitrogens with zero attached hydrogens (tertiary/aromatic N) is 1. The monoisotopic (exact) mass is 396 g/mol. The molecule has 2 heterocycles. The predicted molar refractivity (Wildman–Crippen MR) is 107 cm³/mol. The smallest absolute Gasteiger partial charge is 0.229 e. The van der Waals surface area contributed by atoms with Gasteiger partial charge in [-0.3, -0.25) is 9.59 Å². The fourth-order valence-electron chi connectivity index (χ4n) is 3.93. The minimum atomic E-state index is -0.362. The number of hydrogen-bond acceptors (Lipinski definition) is 5. The van der Waals surface area contributed by atoms with E-state index in [-0.39, 0.29) is 23.8 Å². The number of ether oxygens (including phenoxy) is 3. The maximum atomic E-state index is 13.1. The Morgan fingerprint density at radius 3 is 2.55 bits per heavy atom. The van der Waals surface area contributed by atoms with Crippen LogP contribution in [0.25, 0.3) is 0 Å². The van der Waals surface area contributed by atoms with Crippen molar-refractivity contribution in [2.75, 3.05) is 32.7 Å². The molecular weight excluding hydrogens is 372 g/mol. The Kier molecular flexibility index (Phi) is 5.29. The summed E-state index contributed by atoms with van der Waals surface area (Å²) in [5.74, 6) is 1.58. The van der Waals surface area contributed by atoms with E-state index in [9.17, 15) is 9.59 Å². The molecule has 2 aromatic carbocycles. The molecule has 0 saturated carbocycles. The van der Waals surface area contributed by atoms with Crippen LogP contribution in [-0.4, -0.2) is 44.1 Å². The zero-order valence-electron chi connectivity index (χ0n) is 16.5. The molecule has 0 spiro atoms. The summed E-state index contributed by atoms with van der Waals surface area (Å²) in [5.41, 5.74) is 1.55. The molecule has 0 aromatic heterocycles. The van der Waals surface area contributed by atoms with Crippen LogP contribution in [0, 0.1) is 5.92 Å². The number of nitrogens with one attached hydrogen (secondary N) is 1. The van der Waals surface area contributed by atoms with E-state index in [2.05, 4.69) is 5.32 Å². The number of piperidine rings is 1. The third-order valence-corrected chi connectivity index (χ3v) is 5.46. The van der Waals surface area contributed by atoms with E-state index in [1.807, 2.05) is 24.3 Å². The van der Waals surface area contributed by atoms with Crippen LogP contribution < -0.4 is 19.5 Å². The van der Waals surface area contributed by atoms with E-state index in [0.29, 0.717) is 43.2 Å². The van der Waals surface area contributed by atoms with Gasteiger partial charge in [0.05, 0.1) is 19.1 Å². The lowest BCUT2D eigenvalue weighted by molar-refractivity contribution is -0.140. The van der Waals surface area contributed by atoms with Crippen molar-refractivity contribution in [3.63, 3.8) is 0 Å². The Balaban J connectivity index is 1.57. The molecule has 152 valence electrons. The molecule has 0 bridgehead atoms. The van der Waals surface area contributed by atoms with Gasteiger partial charge in [0, 0.05) is 25.2 Å². The Hall–Kier alpha value is -3.22. The highest BCUT2D eigenvalue weighted by atomic mass is 16.6. The van der Waals surface area contributed by atoms with Gasteiger partial charge in [0.2, 0.25) is 11.8 Å². The number of methoxy groups -OCH3 is 1. The highest BCUT2D eigenvalue weighted by Gasteiger charge is 2.39. The number of carbonyl (C=O) groups excluding carboxylic acids is 2. The van der Waals surface area contributed by atoms with E-state index in [1.165, 1.54) is 0 Å². The van der Waals surface area contributed by atoms with Crippen molar-refractivity contribution in [1.82, 2.24) is 4.90 Å². The summed E-state index contributed by atoms with van der Waals surface area (Å²) < 4.78 is 16.3. The van der Waals surface area contributed by atoms with Crippen molar-refractivity contribution in [2.24, 2.45) is 5.92 Å². The number of likely N-dealkylation sites (tertiary alicyclic amines) is 1. The van der Waals surface area contributed by atoms with E-state index in [0.717, 1.165) is 11.3 Å². The SMILES string of the molecule is COc1ccc([C@H]2[C@H](C(=O)Nc3ccc4c(c3)OCCO4)CCC(=O)N2C)cc1. The molecule has 2 aliphatic heterocycles. The molecular formula is C22H24N2O5. The molecule has 7 heteroatoms. The summed E-state index contributed by atoms with van der Waals surface area (Å²) in [4.78, 5) is 27.1. The van der Waals surface area contributed by atoms with Crippen LogP contribution in [0.15, 0.2) is 42.5 Å². The third-order valence-electron chi connectivity index (χ3n) is 5.46. The molecule has 0 radical (unpaired) electrons. The third kappa shape index (κ3) is 3.85. The standard InChI is InChI=1S/C22H24N2O5/c1-24-20(25)10-8-17(21(24)14-3-6-16(27-2)7-4-14)22(26)23-15-5-9-18-19(13-15)29-12-11-28-18/h3-7,9,13,17,21H,8,10-12H2,1-2H3,(H,23,26)/t17-,21+/m1/s1. The summed E-state index contributed by atoms with van der Waals surface area (Å²) in [7, 11) is 3.36. The number of rotatable bonds is 4. The zero-order valence-corrected chi connectivity index (χ0v) is 16.5. The highest BCUT2D eigenvalue weighted by Crippen LogP contribution is 2.38. The molecule has 2 amide bonds. The van der Waals surface area contributed by atoms with Crippen LogP contribution in [0.4, 0.5) is 5.69 Å². The Bertz CT molecular complexity index is 912. The number of anilines is 1. The molecule has 4 rings (SSSR count). The summed E-state index contributed by atoms with van der Waals surface area (Å²) >= 11 is 0. The largest absolute Gasteiger partial charge is 0.497 e. The second kappa shape index (κ2) is 8.03. The van der Waals surface area contributed by atoms with Gasteiger partial charge in [0.15, 0.2) is 11.5 Å². The molecule has 0 aliphatic carbocycles. The lowest BCUT2D eigenvalue weighted by Gasteiger charge is -2.38. The maximum Gasteiger partial charge on any atom is 0.229 e. The van der Waals surface area contributed by atoms with Crippen molar-refractivity contribution in [3.8, 4) is 17.2 Å². The quantitative estimate of drug-likeness (QED) is 0.860. The lowest BCUT2D eigenvalue weighted by atomic mass is 9.84. The summed E-state index contributed by atoms with van der Waals surface area (Å²) in [6.45, 7) is 1.00. The number of amides is 2. The molecule has 2 aromatic rings. The first-order chi connectivity index (χ1) is 14.1. The van der Waals surface area contributed by atoms with Crippen LogP contribution >= 0.6 is 0 Å². The van der Waals surface area contributed by atoms with Gasteiger partial charge in [-0.05, 0) is 36.2 Å². The summed E-state index contributed by atoms with van der Waals surface area (Å²) in [5, 5.41) is 2.98. The van der Waals surface area contributed by atoms with Crippen LogP contribution in [-0.2, 0) is 9.59 Å². The van der Waals surface area contributed by atoms with Crippen molar-refractivity contribution in [1.29, 1.82) is 0 Å². The van der Waals surface area contributed by atoms with E-state index in [1.54, 1.807) is 37.3 Å². The Morgan fingerprint density at radius 2 is 1.83 bits per heavy atom. The first kappa shape index (κ1) is 19.1. The molecule has 0 unspecified atom stereocenters. The van der Waals surface area contributed by atoms with Crippen molar-refractivity contribution in [3.05, 3.63) is 48.0 Å². The van der Waals surface area contributed by atoms with Gasteiger partial charge in [0.25, 0.3) is 0 Å². The molecule has 1 fully saturated rings. The summed E-state index contributed by atoms with van der Waals surface area (Å²) in [6.07, 6.45) is 0.846. The number of hydrogen-bond donors (Lipinski definition) is 1. The zero-order chi connectivity index (χ0) is 20.4. The number of fused-ring (bicyclic) bond motifs is 1. The minimum absolute atomic E-state index is 0.0363. The van der Waals surface area contributed by atoms with Crippen LogP contribution in [0.2, 0.25) is 0 Å². The maximum absolute atomic E-state index is 13.1. The number of benzene rings is 2. The summed E-state index contributed by atoms with van der Waals surface area (Å²) in [6, 6.07) is 12.5. The van der Waals surface area contributed by atoms with Crippen molar-refractivity contribution in [2.45, 2.75) is 18.9 Å². The van der Waals surface area contributed by atoms with Gasteiger partial charge in [-0.2, -0.15) is 0 Å². The molecule has 1 saturated heterocycles.